The van der Waals surface area contributed by atoms with E-state index in [0.717, 1.165) is 46.1 Å². The number of hydrogen-bond acceptors (Lipinski definition) is 2. The van der Waals surface area contributed by atoms with E-state index in [1.165, 1.54) is 24.3 Å². The lowest BCUT2D eigenvalue weighted by Gasteiger charge is -2.29. The van der Waals surface area contributed by atoms with Crippen LogP contribution in [0, 0.1) is 17.6 Å². The number of amides is 1. The fourth-order valence-electron chi connectivity index (χ4n) is 4.68. The number of halogens is 3. The number of hydrogen-bond donors (Lipinski definition) is 0. The van der Waals surface area contributed by atoms with Gasteiger partial charge in [0.1, 0.15) is 11.6 Å². The molecule has 1 amide bonds. The Hall–Kier alpha value is -3.12. The molecular weight excluding hydrogens is 486 g/mol. The maximum absolute atomic E-state index is 13.7. The Morgan fingerprint density at radius 1 is 1.00 bits per heavy atom. The van der Waals surface area contributed by atoms with Crippen LogP contribution in [0.3, 0.4) is 0 Å². The summed E-state index contributed by atoms with van der Waals surface area (Å²) >= 11 is 3.44. The smallest absolute Gasteiger partial charge is 0.267 e. The number of nitrogens with zero attached hydrogens (tertiary/aromatic N) is 2. The average molecular weight is 507 g/mol. The van der Waals surface area contributed by atoms with Gasteiger partial charge >= 0.3 is 0 Å². The number of rotatable bonds is 3. The minimum atomic E-state index is -0.316. The molecular formula is C27H21BrF2N2O. The monoisotopic (exact) mass is 506 g/mol. The first kappa shape index (κ1) is 21.7. The summed E-state index contributed by atoms with van der Waals surface area (Å²) in [6.07, 6.45) is 4.69. The van der Waals surface area contributed by atoms with Gasteiger partial charge in [0.25, 0.3) is 5.91 Å². The standard InChI is InChI=1S/C27H21BrF2N2O/c28-21-5-1-4-20(16-21)27(33)32-26(18-9-13-23(30)14-10-18)24-6-2-3-19(25(24)31-32)15-17-7-11-22(29)12-8-17/h1,4-5,7-16,24,26H,2-3,6H2. The molecule has 1 saturated carbocycles. The van der Waals surface area contributed by atoms with E-state index in [4.69, 9.17) is 5.10 Å². The lowest BCUT2D eigenvalue weighted by Crippen LogP contribution is -2.31. The number of hydrazone groups is 1. The summed E-state index contributed by atoms with van der Waals surface area (Å²) in [7, 11) is 0. The quantitative estimate of drug-likeness (QED) is 0.370. The third-order valence-corrected chi connectivity index (χ3v) is 6.70. The summed E-state index contributed by atoms with van der Waals surface area (Å²) in [5.74, 6) is -0.789. The van der Waals surface area contributed by atoms with Crippen LogP contribution in [0.4, 0.5) is 8.78 Å². The van der Waals surface area contributed by atoms with Crippen LogP contribution in [-0.2, 0) is 0 Å². The highest BCUT2D eigenvalue weighted by molar-refractivity contribution is 9.10. The molecule has 5 rings (SSSR count). The molecule has 3 aromatic carbocycles. The molecule has 166 valence electrons. The number of carbonyl (C=O) groups excluding carboxylic acids is 1. The Balaban J connectivity index is 1.58. The Kier molecular flexibility index (Phi) is 5.94. The third-order valence-electron chi connectivity index (χ3n) is 6.20. The van der Waals surface area contributed by atoms with Crippen molar-refractivity contribution in [2.75, 3.05) is 0 Å². The Morgan fingerprint density at radius 2 is 1.70 bits per heavy atom. The molecule has 0 radical (unpaired) electrons. The van der Waals surface area contributed by atoms with Gasteiger partial charge in [0, 0.05) is 16.0 Å². The highest BCUT2D eigenvalue weighted by Gasteiger charge is 2.43. The topological polar surface area (TPSA) is 32.7 Å². The summed E-state index contributed by atoms with van der Waals surface area (Å²) in [6.45, 7) is 0. The molecule has 3 nitrogen and oxygen atoms in total. The van der Waals surface area contributed by atoms with Gasteiger partial charge in [0.2, 0.25) is 0 Å². The van der Waals surface area contributed by atoms with Crippen LogP contribution >= 0.6 is 15.9 Å². The van der Waals surface area contributed by atoms with E-state index < -0.39 is 0 Å². The average Bonchev–Trinajstić information content (AvgIpc) is 3.21. The van der Waals surface area contributed by atoms with E-state index in [1.54, 1.807) is 41.4 Å². The summed E-state index contributed by atoms with van der Waals surface area (Å²) in [5, 5.41) is 6.39. The maximum atomic E-state index is 13.7. The minimum Gasteiger partial charge on any atom is -0.267 e. The van der Waals surface area contributed by atoms with E-state index in [2.05, 4.69) is 15.9 Å². The van der Waals surface area contributed by atoms with E-state index >= 15 is 0 Å². The van der Waals surface area contributed by atoms with Gasteiger partial charge in [-0.25, -0.2) is 13.8 Å². The van der Waals surface area contributed by atoms with Crippen LogP contribution in [0.5, 0.6) is 0 Å². The zero-order chi connectivity index (χ0) is 22.9. The molecule has 2 aliphatic rings. The molecule has 2 atom stereocenters. The van der Waals surface area contributed by atoms with Gasteiger partial charge in [-0.3, -0.25) is 4.79 Å². The number of fused-ring (bicyclic) bond motifs is 1. The van der Waals surface area contributed by atoms with E-state index in [-0.39, 0.29) is 29.5 Å². The van der Waals surface area contributed by atoms with Crippen LogP contribution in [0.1, 0.15) is 46.8 Å². The van der Waals surface area contributed by atoms with Crippen molar-refractivity contribution < 1.29 is 13.6 Å². The summed E-state index contributed by atoms with van der Waals surface area (Å²) < 4.78 is 27.8. The van der Waals surface area contributed by atoms with Gasteiger partial charge < -0.3 is 0 Å². The first-order valence-corrected chi connectivity index (χ1v) is 11.7. The van der Waals surface area contributed by atoms with Crippen LogP contribution < -0.4 is 0 Å². The van der Waals surface area contributed by atoms with Crippen molar-refractivity contribution >= 4 is 33.6 Å². The molecule has 0 saturated heterocycles. The van der Waals surface area contributed by atoms with Gasteiger partial charge in [-0.2, -0.15) is 5.10 Å². The molecule has 1 fully saturated rings. The van der Waals surface area contributed by atoms with Crippen molar-refractivity contribution in [3.8, 4) is 0 Å². The number of allylic oxidation sites excluding steroid dienone is 1. The lowest BCUT2D eigenvalue weighted by atomic mass is 9.77. The van der Waals surface area contributed by atoms with Crippen molar-refractivity contribution in [1.29, 1.82) is 0 Å². The van der Waals surface area contributed by atoms with Crippen molar-refractivity contribution in [2.24, 2.45) is 11.0 Å². The normalized spacial score (nSPS) is 21.1. The first-order valence-electron chi connectivity index (χ1n) is 10.9. The van der Waals surface area contributed by atoms with Crippen molar-refractivity contribution in [2.45, 2.75) is 25.3 Å². The molecule has 2 unspecified atom stereocenters. The predicted molar refractivity (Wildman–Crippen MR) is 129 cm³/mol. The predicted octanol–water partition coefficient (Wildman–Crippen LogP) is 7.16. The Morgan fingerprint density at radius 3 is 2.39 bits per heavy atom. The van der Waals surface area contributed by atoms with Crippen molar-refractivity contribution in [3.63, 3.8) is 0 Å². The fraction of sp³-hybridized carbons (Fsp3) is 0.185. The van der Waals surface area contributed by atoms with E-state index in [1.807, 2.05) is 18.2 Å². The zero-order valence-electron chi connectivity index (χ0n) is 17.7. The highest BCUT2D eigenvalue weighted by atomic mass is 79.9. The van der Waals surface area contributed by atoms with E-state index in [9.17, 15) is 13.6 Å². The van der Waals surface area contributed by atoms with Gasteiger partial charge in [-0.05, 0) is 84.5 Å². The van der Waals surface area contributed by atoms with Crippen LogP contribution in [0.15, 0.2) is 87.9 Å². The largest absolute Gasteiger partial charge is 0.274 e. The minimum absolute atomic E-state index is 0.00649. The number of benzene rings is 3. The van der Waals surface area contributed by atoms with Crippen LogP contribution in [-0.4, -0.2) is 16.6 Å². The van der Waals surface area contributed by atoms with E-state index in [0.29, 0.717) is 5.56 Å². The molecule has 1 aliphatic heterocycles. The molecule has 1 heterocycles. The molecule has 1 aliphatic carbocycles. The molecule has 3 aromatic rings. The second kappa shape index (κ2) is 9.02. The van der Waals surface area contributed by atoms with Crippen molar-refractivity contribution in [3.05, 3.63) is 111 Å². The molecule has 0 spiro atoms. The fourth-order valence-corrected chi connectivity index (χ4v) is 5.07. The van der Waals surface area contributed by atoms with Gasteiger partial charge in [0.15, 0.2) is 0 Å². The Bertz CT molecular complexity index is 1250. The van der Waals surface area contributed by atoms with Crippen LogP contribution in [0.2, 0.25) is 0 Å². The number of carbonyl (C=O) groups is 1. The molecule has 0 aromatic heterocycles. The molecule has 33 heavy (non-hydrogen) atoms. The molecule has 6 heteroatoms. The zero-order valence-corrected chi connectivity index (χ0v) is 19.3. The van der Waals surface area contributed by atoms with Crippen LogP contribution in [0.25, 0.3) is 6.08 Å². The van der Waals surface area contributed by atoms with Gasteiger partial charge in [0.05, 0.1) is 11.8 Å². The second-order valence-electron chi connectivity index (χ2n) is 8.36. The Labute approximate surface area is 199 Å². The summed E-state index contributed by atoms with van der Waals surface area (Å²) in [5.41, 5.74) is 4.21. The van der Waals surface area contributed by atoms with Crippen molar-refractivity contribution in [1.82, 2.24) is 5.01 Å². The third kappa shape index (κ3) is 4.40. The molecule has 0 bridgehead atoms. The summed E-state index contributed by atoms with van der Waals surface area (Å²) in [6, 6.07) is 19.6. The lowest BCUT2D eigenvalue weighted by molar-refractivity contribution is 0.0680. The SMILES string of the molecule is O=C(c1cccc(Br)c1)N1N=C2C(=Cc3ccc(F)cc3)CCCC2C1c1ccc(F)cc1. The van der Waals surface area contributed by atoms with Gasteiger partial charge in [-0.15, -0.1) is 0 Å². The summed E-state index contributed by atoms with van der Waals surface area (Å²) in [4.78, 5) is 13.6. The maximum Gasteiger partial charge on any atom is 0.274 e. The molecule has 0 N–H and O–H groups in total. The second-order valence-corrected chi connectivity index (χ2v) is 9.28. The van der Waals surface area contributed by atoms with Gasteiger partial charge in [-0.1, -0.05) is 46.3 Å². The highest BCUT2D eigenvalue weighted by Crippen LogP contribution is 2.45. The first-order chi connectivity index (χ1) is 16.0.